The molecule has 0 heterocycles. The maximum absolute atomic E-state index is 3.76. The predicted molar refractivity (Wildman–Crippen MR) is 63.1 cm³/mol. The summed E-state index contributed by atoms with van der Waals surface area (Å²) in [6.45, 7) is 5.94. The maximum Gasteiger partial charge on any atom is 0.127 e. The summed E-state index contributed by atoms with van der Waals surface area (Å²) in [6, 6.07) is 6.59. The van der Waals surface area contributed by atoms with E-state index in [-0.39, 0.29) is 9.68 Å². The van der Waals surface area contributed by atoms with Crippen LogP contribution in [0.15, 0.2) is 24.8 Å². The Balaban J connectivity index is 2.91. The number of benzene rings is 1. The van der Waals surface area contributed by atoms with Gasteiger partial charge in [-0.1, -0.05) is 36.4 Å². The molecule has 0 N–H and O–H groups in total. The minimum atomic E-state index is -0.230. The molecule has 0 bridgehead atoms. The highest BCUT2D eigenvalue weighted by Crippen LogP contribution is 2.02. The van der Waals surface area contributed by atoms with E-state index in [1.165, 1.54) is 16.3 Å². The molecule has 0 aliphatic carbocycles. The molecule has 0 saturated carbocycles. The first kappa shape index (κ1) is 10.2. The number of hydrogen-bond acceptors (Lipinski definition) is 1. The zero-order valence-corrected chi connectivity index (χ0v) is 10.1. The van der Waals surface area contributed by atoms with E-state index in [0.717, 1.165) is 0 Å². The maximum atomic E-state index is 3.76. The fraction of sp³-hybridized carbons (Fsp3) is 0.273. The predicted octanol–water partition coefficient (Wildman–Crippen LogP) is 0.909. The summed E-state index contributed by atoms with van der Waals surface area (Å²) in [5.41, 5.74) is 2.62. The van der Waals surface area contributed by atoms with Crippen molar-refractivity contribution in [1.82, 2.24) is 4.57 Å². The molecule has 1 rings (SSSR count). The molecule has 0 saturated heterocycles. The standard InChI is InChI=1S/C11H17NSi/c1-5-10-6-7-11(9(2)8-10)13-12(3)4/h5-8H,1,13H2,2-4H3. The van der Waals surface area contributed by atoms with Gasteiger partial charge >= 0.3 is 0 Å². The highest BCUT2D eigenvalue weighted by molar-refractivity contribution is 6.51. The summed E-state index contributed by atoms with van der Waals surface area (Å²) in [7, 11) is 4.06. The van der Waals surface area contributed by atoms with Crippen molar-refractivity contribution in [3.05, 3.63) is 35.9 Å². The first-order chi connectivity index (χ1) is 6.13. The quantitative estimate of drug-likeness (QED) is 0.642. The Kier molecular flexibility index (Phi) is 3.45. The van der Waals surface area contributed by atoms with E-state index in [4.69, 9.17) is 0 Å². The summed E-state index contributed by atoms with van der Waals surface area (Å²) >= 11 is 0. The van der Waals surface area contributed by atoms with Crippen molar-refractivity contribution < 1.29 is 0 Å². The average Bonchev–Trinajstić information content (AvgIpc) is 2.08. The van der Waals surface area contributed by atoms with Crippen LogP contribution in [0.2, 0.25) is 0 Å². The Morgan fingerprint density at radius 2 is 2.08 bits per heavy atom. The molecule has 0 spiro atoms. The number of nitrogens with zero attached hydrogens (tertiary/aromatic N) is 1. The molecule has 0 unspecified atom stereocenters. The zero-order chi connectivity index (χ0) is 9.84. The minimum Gasteiger partial charge on any atom is -0.330 e. The molecule has 1 aromatic rings. The first-order valence-corrected chi connectivity index (χ1v) is 5.84. The van der Waals surface area contributed by atoms with E-state index < -0.39 is 0 Å². The summed E-state index contributed by atoms with van der Waals surface area (Å²) in [5, 5.41) is 1.52. The van der Waals surface area contributed by atoms with Gasteiger partial charge in [0, 0.05) is 0 Å². The Morgan fingerprint density at radius 3 is 2.54 bits per heavy atom. The molecule has 0 radical (unpaired) electrons. The summed E-state index contributed by atoms with van der Waals surface area (Å²) in [5.74, 6) is 0. The molecule has 2 heteroatoms. The number of rotatable bonds is 3. The van der Waals surface area contributed by atoms with E-state index in [1.807, 2.05) is 6.08 Å². The van der Waals surface area contributed by atoms with Gasteiger partial charge in [0.25, 0.3) is 0 Å². The van der Waals surface area contributed by atoms with Gasteiger partial charge in [-0.25, -0.2) is 0 Å². The van der Waals surface area contributed by atoms with E-state index in [0.29, 0.717) is 0 Å². The van der Waals surface area contributed by atoms with Crippen molar-refractivity contribution >= 4 is 20.9 Å². The lowest BCUT2D eigenvalue weighted by atomic mass is 10.1. The Hall–Kier alpha value is -0.863. The largest absolute Gasteiger partial charge is 0.330 e. The van der Waals surface area contributed by atoms with Crippen molar-refractivity contribution in [1.29, 1.82) is 0 Å². The molecule has 0 aliphatic heterocycles. The van der Waals surface area contributed by atoms with Gasteiger partial charge in [0.1, 0.15) is 9.68 Å². The summed E-state index contributed by atoms with van der Waals surface area (Å²) in [6.07, 6.45) is 1.90. The molecular weight excluding hydrogens is 174 g/mol. The van der Waals surface area contributed by atoms with Gasteiger partial charge in [0.05, 0.1) is 0 Å². The van der Waals surface area contributed by atoms with Crippen LogP contribution in [0.5, 0.6) is 0 Å². The lowest BCUT2D eigenvalue weighted by Crippen LogP contribution is -2.31. The molecule has 0 aromatic heterocycles. The van der Waals surface area contributed by atoms with Crippen LogP contribution in [0.4, 0.5) is 0 Å². The molecule has 0 atom stereocenters. The fourth-order valence-electron chi connectivity index (χ4n) is 1.36. The second kappa shape index (κ2) is 4.39. The van der Waals surface area contributed by atoms with Gasteiger partial charge in [0.15, 0.2) is 0 Å². The van der Waals surface area contributed by atoms with Crippen molar-refractivity contribution in [2.24, 2.45) is 0 Å². The third-order valence-corrected chi connectivity index (χ3v) is 3.86. The van der Waals surface area contributed by atoms with Crippen LogP contribution in [-0.4, -0.2) is 28.3 Å². The Bertz CT molecular complexity index is 305. The van der Waals surface area contributed by atoms with E-state index in [2.05, 4.69) is 50.4 Å². The molecule has 0 aliphatic rings. The lowest BCUT2D eigenvalue weighted by molar-refractivity contribution is 0.669. The van der Waals surface area contributed by atoms with Gasteiger partial charge in [-0.15, -0.1) is 0 Å². The van der Waals surface area contributed by atoms with Crippen LogP contribution in [-0.2, 0) is 0 Å². The highest BCUT2D eigenvalue weighted by Gasteiger charge is 2.00. The molecule has 0 fully saturated rings. The highest BCUT2D eigenvalue weighted by atomic mass is 28.2. The van der Waals surface area contributed by atoms with Gasteiger partial charge in [-0.05, 0) is 31.8 Å². The summed E-state index contributed by atoms with van der Waals surface area (Å²) < 4.78 is 2.32. The second-order valence-electron chi connectivity index (χ2n) is 3.63. The average molecular weight is 191 g/mol. The normalized spacial score (nSPS) is 11.4. The van der Waals surface area contributed by atoms with Crippen molar-refractivity contribution in [3.63, 3.8) is 0 Å². The lowest BCUT2D eigenvalue weighted by Gasteiger charge is -2.11. The molecule has 70 valence electrons. The smallest absolute Gasteiger partial charge is 0.127 e. The van der Waals surface area contributed by atoms with Gasteiger partial charge in [-0.2, -0.15) is 0 Å². The third-order valence-electron chi connectivity index (χ3n) is 2.09. The van der Waals surface area contributed by atoms with Crippen molar-refractivity contribution in [2.75, 3.05) is 14.1 Å². The Morgan fingerprint density at radius 1 is 1.38 bits per heavy atom. The van der Waals surface area contributed by atoms with Crippen LogP contribution in [0.25, 0.3) is 6.08 Å². The monoisotopic (exact) mass is 191 g/mol. The van der Waals surface area contributed by atoms with Crippen molar-refractivity contribution in [3.8, 4) is 0 Å². The molecule has 1 nitrogen and oxygen atoms in total. The van der Waals surface area contributed by atoms with Crippen LogP contribution in [0.1, 0.15) is 11.1 Å². The van der Waals surface area contributed by atoms with E-state index in [1.54, 1.807) is 0 Å². The third kappa shape index (κ3) is 2.83. The van der Waals surface area contributed by atoms with E-state index >= 15 is 0 Å². The topological polar surface area (TPSA) is 3.24 Å². The van der Waals surface area contributed by atoms with Gasteiger partial charge in [-0.3, -0.25) is 0 Å². The second-order valence-corrected chi connectivity index (χ2v) is 5.97. The zero-order valence-electron chi connectivity index (χ0n) is 8.67. The van der Waals surface area contributed by atoms with Crippen LogP contribution < -0.4 is 5.19 Å². The fourth-order valence-corrected chi connectivity index (χ4v) is 2.62. The number of hydrogen-bond donors (Lipinski definition) is 0. The minimum absolute atomic E-state index is 0.230. The molecule has 0 amide bonds. The van der Waals surface area contributed by atoms with Crippen LogP contribution >= 0.6 is 0 Å². The molecule has 13 heavy (non-hydrogen) atoms. The van der Waals surface area contributed by atoms with Crippen LogP contribution in [0, 0.1) is 6.92 Å². The molecule has 1 aromatic carbocycles. The first-order valence-electron chi connectivity index (χ1n) is 4.50. The van der Waals surface area contributed by atoms with E-state index in [9.17, 15) is 0 Å². The van der Waals surface area contributed by atoms with Crippen LogP contribution in [0.3, 0.4) is 0 Å². The van der Waals surface area contributed by atoms with Gasteiger partial charge < -0.3 is 4.57 Å². The SMILES string of the molecule is C=Cc1ccc([SiH2]N(C)C)c(C)c1. The van der Waals surface area contributed by atoms with Crippen molar-refractivity contribution in [2.45, 2.75) is 6.92 Å². The molecular formula is C11H17NSi. The van der Waals surface area contributed by atoms with Gasteiger partial charge in [0.2, 0.25) is 0 Å². The summed E-state index contributed by atoms with van der Waals surface area (Å²) in [4.78, 5) is 0. The Labute approximate surface area is 83.0 Å². The number of aryl methyl sites for hydroxylation is 1.